The Kier molecular flexibility index (Phi) is 5.34. The molecule has 3 rings (SSSR count). The first-order chi connectivity index (χ1) is 11.9. The van der Waals surface area contributed by atoms with Crippen molar-refractivity contribution in [3.63, 3.8) is 0 Å². The molecule has 1 N–H and O–H groups in total. The van der Waals surface area contributed by atoms with Gasteiger partial charge in [0.1, 0.15) is 11.6 Å². The number of nitrogens with zero attached hydrogens (tertiary/aromatic N) is 1. The van der Waals surface area contributed by atoms with Crippen molar-refractivity contribution in [1.29, 1.82) is 0 Å². The van der Waals surface area contributed by atoms with Gasteiger partial charge in [0.2, 0.25) is 0 Å². The Labute approximate surface area is 147 Å². The van der Waals surface area contributed by atoms with Crippen molar-refractivity contribution in [2.45, 2.75) is 17.7 Å². The molecule has 0 saturated carbocycles. The molecule has 0 atom stereocenters. The molecule has 0 amide bonds. The first kappa shape index (κ1) is 17.8. The second-order valence-electron chi connectivity index (χ2n) is 6.30. The topological polar surface area (TPSA) is 68.3 Å². The van der Waals surface area contributed by atoms with E-state index in [9.17, 15) is 12.8 Å². The number of nitrogens with one attached hydrogen (secondary N) is 1. The molecule has 2 aromatic rings. The maximum Gasteiger partial charge on any atom is 0.175 e. The van der Waals surface area contributed by atoms with E-state index in [1.54, 1.807) is 18.3 Å². The number of halogens is 1. The van der Waals surface area contributed by atoms with E-state index >= 15 is 0 Å². The van der Waals surface area contributed by atoms with Gasteiger partial charge in [0.05, 0.1) is 23.4 Å². The number of sulfone groups is 1. The molecule has 0 bridgehead atoms. The van der Waals surface area contributed by atoms with E-state index in [4.69, 9.17) is 4.74 Å². The lowest BCUT2D eigenvalue weighted by Crippen LogP contribution is -2.30. The Morgan fingerprint density at radius 3 is 2.60 bits per heavy atom. The third-order valence-electron chi connectivity index (χ3n) is 4.33. The Hall–Kier alpha value is -1.99. The Balaban J connectivity index is 1.69. The summed E-state index contributed by atoms with van der Waals surface area (Å²) in [6.45, 7) is 2.70. The Morgan fingerprint density at radius 1 is 1.24 bits per heavy atom. The molecule has 25 heavy (non-hydrogen) atoms. The smallest absolute Gasteiger partial charge is 0.175 e. The summed E-state index contributed by atoms with van der Waals surface area (Å²) < 4.78 is 42.9. The highest BCUT2D eigenvalue weighted by atomic mass is 32.2. The van der Waals surface area contributed by atoms with Crippen LogP contribution < -0.4 is 10.1 Å². The number of benzene rings is 1. The fraction of sp³-hybridized carbons (Fsp3) is 0.389. The van der Waals surface area contributed by atoms with Gasteiger partial charge in [0, 0.05) is 11.8 Å². The van der Waals surface area contributed by atoms with Crippen LogP contribution in [0.2, 0.25) is 0 Å². The lowest BCUT2D eigenvalue weighted by atomic mass is 9.99. The van der Waals surface area contributed by atoms with E-state index in [-0.39, 0.29) is 10.5 Å². The molecule has 1 fully saturated rings. The molecule has 1 aromatic carbocycles. The van der Waals surface area contributed by atoms with Gasteiger partial charge in [-0.3, -0.25) is 4.98 Å². The molecular weight excluding hydrogens is 343 g/mol. The summed E-state index contributed by atoms with van der Waals surface area (Å²) in [4.78, 5) is 4.19. The second kappa shape index (κ2) is 7.49. The highest BCUT2D eigenvalue weighted by molar-refractivity contribution is 7.90. The van der Waals surface area contributed by atoms with E-state index in [2.05, 4.69) is 10.3 Å². The summed E-state index contributed by atoms with van der Waals surface area (Å²) >= 11 is 0. The summed E-state index contributed by atoms with van der Waals surface area (Å²) in [6, 6.07) is 7.28. The predicted molar refractivity (Wildman–Crippen MR) is 93.8 cm³/mol. The zero-order valence-electron chi connectivity index (χ0n) is 14.0. The van der Waals surface area contributed by atoms with E-state index < -0.39 is 15.7 Å². The molecular formula is C18H21FN2O3S. The van der Waals surface area contributed by atoms with Crippen molar-refractivity contribution >= 4 is 9.84 Å². The van der Waals surface area contributed by atoms with Crippen LogP contribution in [0.25, 0.3) is 11.3 Å². The highest BCUT2D eigenvalue weighted by Crippen LogP contribution is 2.25. The van der Waals surface area contributed by atoms with Gasteiger partial charge in [0.25, 0.3) is 0 Å². The molecule has 2 heterocycles. The molecule has 1 aliphatic heterocycles. The Bertz CT molecular complexity index is 832. The van der Waals surface area contributed by atoms with Gasteiger partial charge in [-0.05, 0) is 62.2 Å². The fourth-order valence-electron chi connectivity index (χ4n) is 2.82. The van der Waals surface area contributed by atoms with Crippen molar-refractivity contribution in [2.24, 2.45) is 5.92 Å². The summed E-state index contributed by atoms with van der Waals surface area (Å²) in [5.41, 5.74) is 0.698. The molecule has 1 saturated heterocycles. The Morgan fingerprint density at radius 2 is 2.00 bits per heavy atom. The van der Waals surface area contributed by atoms with Gasteiger partial charge < -0.3 is 10.1 Å². The molecule has 0 radical (unpaired) electrons. The lowest BCUT2D eigenvalue weighted by Gasteiger charge is -2.22. The van der Waals surface area contributed by atoms with Crippen molar-refractivity contribution < 1.29 is 17.5 Å². The quantitative estimate of drug-likeness (QED) is 0.883. The number of pyridine rings is 1. The first-order valence-corrected chi connectivity index (χ1v) is 10.1. The van der Waals surface area contributed by atoms with E-state index in [0.29, 0.717) is 24.0 Å². The SMILES string of the molecule is CS(=O)(=O)c1ccc(-c2ccc(OCC3CCNCC3)cn2)c(F)c1. The van der Waals surface area contributed by atoms with Crippen LogP contribution in [0, 0.1) is 11.7 Å². The predicted octanol–water partition coefficient (Wildman–Crippen LogP) is 2.67. The van der Waals surface area contributed by atoms with Crippen LogP contribution >= 0.6 is 0 Å². The van der Waals surface area contributed by atoms with Crippen LogP contribution in [0.15, 0.2) is 41.4 Å². The molecule has 0 aliphatic carbocycles. The number of hydrogen-bond donors (Lipinski definition) is 1. The molecule has 134 valence electrons. The molecule has 0 spiro atoms. The van der Waals surface area contributed by atoms with E-state index in [1.165, 1.54) is 12.1 Å². The minimum atomic E-state index is -3.43. The molecule has 7 heteroatoms. The van der Waals surface area contributed by atoms with Crippen LogP contribution in [0.3, 0.4) is 0 Å². The van der Waals surface area contributed by atoms with Gasteiger partial charge >= 0.3 is 0 Å². The van der Waals surface area contributed by atoms with Crippen LogP contribution in [0.1, 0.15) is 12.8 Å². The maximum absolute atomic E-state index is 14.2. The molecule has 5 nitrogen and oxygen atoms in total. The van der Waals surface area contributed by atoms with Gasteiger partial charge in [-0.15, -0.1) is 0 Å². The minimum Gasteiger partial charge on any atom is -0.492 e. The van der Waals surface area contributed by atoms with Crippen LogP contribution in [-0.4, -0.2) is 39.4 Å². The molecule has 1 aromatic heterocycles. The molecule has 0 unspecified atom stereocenters. The first-order valence-electron chi connectivity index (χ1n) is 8.23. The fourth-order valence-corrected chi connectivity index (χ4v) is 3.45. The van der Waals surface area contributed by atoms with Gasteiger partial charge in [-0.2, -0.15) is 0 Å². The number of rotatable bonds is 5. The van der Waals surface area contributed by atoms with Crippen molar-refractivity contribution in [2.75, 3.05) is 26.0 Å². The molecule has 1 aliphatic rings. The van der Waals surface area contributed by atoms with Crippen molar-refractivity contribution in [3.8, 4) is 17.0 Å². The monoisotopic (exact) mass is 364 g/mol. The lowest BCUT2D eigenvalue weighted by molar-refractivity contribution is 0.214. The number of hydrogen-bond acceptors (Lipinski definition) is 5. The maximum atomic E-state index is 14.2. The number of piperidine rings is 1. The summed E-state index contributed by atoms with van der Waals surface area (Å²) in [5.74, 6) is 0.580. The highest BCUT2D eigenvalue weighted by Gasteiger charge is 2.15. The summed E-state index contributed by atoms with van der Waals surface area (Å²) in [7, 11) is -3.43. The van der Waals surface area contributed by atoms with Gasteiger partial charge in [-0.1, -0.05) is 0 Å². The third kappa shape index (κ3) is 4.55. The third-order valence-corrected chi connectivity index (χ3v) is 5.44. The van der Waals surface area contributed by atoms with E-state index in [0.717, 1.165) is 38.3 Å². The summed E-state index contributed by atoms with van der Waals surface area (Å²) in [6.07, 6.45) is 4.82. The standard InChI is InChI=1S/C18H21FN2O3S/c1-25(22,23)15-3-4-16(17(19)10-15)18-5-2-14(11-21-18)24-12-13-6-8-20-9-7-13/h2-5,10-11,13,20H,6-9,12H2,1H3. The van der Waals surface area contributed by atoms with Crippen LogP contribution in [-0.2, 0) is 9.84 Å². The largest absolute Gasteiger partial charge is 0.492 e. The minimum absolute atomic E-state index is 0.0457. The normalized spacial score (nSPS) is 15.9. The van der Waals surface area contributed by atoms with E-state index in [1.807, 2.05) is 0 Å². The van der Waals surface area contributed by atoms with Crippen LogP contribution in [0.4, 0.5) is 4.39 Å². The summed E-state index contributed by atoms with van der Waals surface area (Å²) in [5, 5.41) is 3.32. The zero-order chi connectivity index (χ0) is 17.9. The average Bonchev–Trinajstić information content (AvgIpc) is 2.60. The van der Waals surface area contributed by atoms with Crippen LogP contribution in [0.5, 0.6) is 5.75 Å². The second-order valence-corrected chi connectivity index (χ2v) is 8.31. The van der Waals surface area contributed by atoms with Gasteiger partial charge in [-0.25, -0.2) is 12.8 Å². The number of aromatic nitrogens is 1. The van der Waals surface area contributed by atoms with Crippen molar-refractivity contribution in [3.05, 3.63) is 42.3 Å². The average molecular weight is 364 g/mol. The van der Waals surface area contributed by atoms with Crippen molar-refractivity contribution in [1.82, 2.24) is 10.3 Å². The zero-order valence-corrected chi connectivity index (χ0v) is 14.9. The number of ether oxygens (including phenoxy) is 1. The van der Waals surface area contributed by atoms with Gasteiger partial charge in [0.15, 0.2) is 9.84 Å².